The Morgan fingerprint density at radius 3 is 2.71 bits per heavy atom. The SMILES string of the molecule is CNCc1cc(S(=O)(=O)N(C)C(C)c2cccs2)c(C)s1. The van der Waals surface area contributed by atoms with E-state index in [4.69, 9.17) is 0 Å². The number of sulfonamides is 1. The van der Waals surface area contributed by atoms with Crippen LogP contribution < -0.4 is 5.32 Å². The Bertz CT molecular complexity index is 690. The van der Waals surface area contributed by atoms with Crippen LogP contribution in [0.3, 0.4) is 0 Å². The number of aryl methyl sites for hydroxylation is 1. The Morgan fingerprint density at radius 2 is 2.14 bits per heavy atom. The third-order valence-electron chi connectivity index (χ3n) is 3.43. The van der Waals surface area contributed by atoms with Gasteiger partial charge < -0.3 is 5.32 Å². The summed E-state index contributed by atoms with van der Waals surface area (Å²) in [5.41, 5.74) is 0. The van der Waals surface area contributed by atoms with Crippen LogP contribution in [-0.2, 0) is 16.6 Å². The summed E-state index contributed by atoms with van der Waals surface area (Å²) in [5.74, 6) is 0. The van der Waals surface area contributed by atoms with Crippen molar-refractivity contribution in [3.8, 4) is 0 Å². The molecule has 1 N–H and O–H groups in total. The molecule has 2 aromatic heterocycles. The number of hydrogen-bond donors (Lipinski definition) is 1. The first-order valence-electron chi connectivity index (χ1n) is 6.63. The van der Waals surface area contributed by atoms with Crippen LogP contribution in [0, 0.1) is 6.92 Å². The van der Waals surface area contributed by atoms with Crippen LogP contribution in [0.4, 0.5) is 0 Å². The predicted octanol–water partition coefficient (Wildman–Crippen LogP) is 3.22. The summed E-state index contributed by atoms with van der Waals surface area (Å²) < 4.78 is 27.1. The molecular formula is C14H20N2O2S3. The second-order valence-corrected chi connectivity index (χ2v) is 9.16. The van der Waals surface area contributed by atoms with Crippen molar-refractivity contribution in [3.63, 3.8) is 0 Å². The van der Waals surface area contributed by atoms with E-state index in [1.807, 2.05) is 38.4 Å². The van der Waals surface area contributed by atoms with Gasteiger partial charge in [0.25, 0.3) is 0 Å². The highest BCUT2D eigenvalue weighted by Gasteiger charge is 2.29. The molecule has 1 unspecified atom stereocenters. The molecule has 0 aliphatic heterocycles. The van der Waals surface area contributed by atoms with Crippen LogP contribution in [-0.4, -0.2) is 26.8 Å². The normalized spacial score (nSPS) is 13.8. The minimum absolute atomic E-state index is 0.165. The monoisotopic (exact) mass is 344 g/mol. The lowest BCUT2D eigenvalue weighted by atomic mass is 10.3. The van der Waals surface area contributed by atoms with Crippen LogP contribution >= 0.6 is 22.7 Å². The molecule has 7 heteroatoms. The zero-order chi connectivity index (χ0) is 15.6. The topological polar surface area (TPSA) is 49.4 Å². The number of nitrogens with zero attached hydrogens (tertiary/aromatic N) is 1. The quantitative estimate of drug-likeness (QED) is 0.875. The van der Waals surface area contributed by atoms with Gasteiger partial charge in [-0.15, -0.1) is 22.7 Å². The molecule has 1 atom stereocenters. The molecule has 0 amide bonds. The highest BCUT2D eigenvalue weighted by Crippen LogP contribution is 2.32. The number of hydrogen-bond acceptors (Lipinski definition) is 5. The van der Waals surface area contributed by atoms with Gasteiger partial charge in [0.2, 0.25) is 10.0 Å². The molecule has 2 aromatic rings. The molecule has 0 saturated carbocycles. The molecular weight excluding hydrogens is 324 g/mol. The van der Waals surface area contributed by atoms with E-state index >= 15 is 0 Å². The summed E-state index contributed by atoms with van der Waals surface area (Å²) >= 11 is 3.10. The molecule has 0 bridgehead atoms. The summed E-state index contributed by atoms with van der Waals surface area (Å²) in [6, 6.07) is 5.53. The van der Waals surface area contributed by atoms with Crippen molar-refractivity contribution >= 4 is 32.7 Å². The maximum atomic E-state index is 12.8. The molecule has 0 aliphatic carbocycles. The van der Waals surface area contributed by atoms with Crippen LogP contribution in [0.5, 0.6) is 0 Å². The summed E-state index contributed by atoms with van der Waals surface area (Å²) in [6.07, 6.45) is 0. The molecule has 4 nitrogen and oxygen atoms in total. The summed E-state index contributed by atoms with van der Waals surface area (Å²) in [6.45, 7) is 4.46. The molecule has 0 fully saturated rings. The Morgan fingerprint density at radius 1 is 1.43 bits per heavy atom. The van der Waals surface area contributed by atoms with Gasteiger partial charge in [-0.1, -0.05) is 6.07 Å². The van der Waals surface area contributed by atoms with Gasteiger partial charge in [-0.25, -0.2) is 8.42 Å². The van der Waals surface area contributed by atoms with E-state index < -0.39 is 10.0 Å². The summed E-state index contributed by atoms with van der Waals surface area (Å²) in [5, 5.41) is 5.02. The number of nitrogens with one attached hydrogen (secondary N) is 1. The first-order valence-corrected chi connectivity index (χ1v) is 9.77. The van der Waals surface area contributed by atoms with Crippen molar-refractivity contribution in [2.45, 2.75) is 31.3 Å². The minimum Gasteiger partial charge on any atom is -0.315 e. The van der Waals surface area contributed by atoms with Crippen molar-refractivity contribution in [1.82, 2.24) is 9.62 Å². The molecule has 116 valence electrons. The van der Waals surface area contributed by atoms with Crippen LogP contribution in [0.15, 0.2) is 28.5 Å². The molecule has 0 saturated heterocycles. The largest absolute Gasteiger partial charge is 0.315 e. The lowest BCUT2D eigenvalue weighted by Crippen LogP contribution is -2.29. The number of thiophene rings is 2. The molecule has 2 rings (SSSR count). The molecule has 0 aliphatic rings. The Balaban J connectivity index is 2.33. The Kier molecular flexibility index (Phi) is 5.21. The smallest absolute Gasteiger partial charge is 0.244 e. The Hall–Kier alpha value is -0.730. The van der Waals surface area contributed by atoms with Gasteiger partial charge in [0.1, 0.15) is 0 Å². The van der Waals surface area contributed by atoms with Gasteiger partial charge in [-0.3, -0.25) is 0 Å². The van der Waals surface area contributed by atoms with E-state index in [1.165, 1.54) is 15.6 Å². The molecule has 0 spiro atoms. The van der Waals surface area contributed by atoms with Gasteiger partial charge in [-0.05, 0) is 38.4 Å². The van der Waals surface area contributed by atoms with Gasteiger partial charge in [0.15, 0.2) is 0 Å². The molecule has 2 heterocycles. The fourth-order valence-electron chi connectivity index (χ4n) is 2.11. The van der Waals surface area contributed by atoms with Crippen LogP contribution in [0.2, 0.25) is 0 Å². The first-order chi connectivity index (χ1) is 9.87. The zero-order valence-corrected chi connectivity index (χ0v) is 15.0. The van der Waals surface area contributed by atoms with E-state index in [0.29, 0.717) is 11.4 Å². The molecule has 21 heavy (non-hydrogen) atoms. The zero-order valence-electron chi connectivity index (χ0n) is 12.6. The Labute approximate surface area is 134 Å². The van der Waals surface area contributed by atoms with E-state index in [9.17, 15) is 8.42 Å². The van der Waals surface area contributed by atoms with Crippen molar-refractivity contribution in [2.75, 3.05) is 14.1 Å². The van der Waals surface area contributed by atoms with Crippen molar-refractivity contribution in [3.05, 3.63) is 38.2 Å². The van der Waals surface area contributed by atoms with Gasteiger partial charge in [0, 0.05) is 28.2 Å². The van der Waals surface area contributed by atoms with E-state index in [0.717, 1.165) is 14.6 Å². The maximum absolute atomic E-state index is 12.8. The minimum atomic E-state index is -3.47. The lowest BCUT2D eigenvalue weighted by molar-refractivity contribution is 0.403. The summed E-state index contributed by atoms with van der Waals surface area (Å²) in [4.78, 5) is 3.34. The highest BCUT2D eigenvalue weighted by molar-refractivity contribution is 7.89. The number of rotatable bonds is 6. The van der Waals surface area contributed by atoms with E-state index in [1.54, 1.807) is 24.5 Å². The third kappa shape index (κ3) is 3.37. The second-order valence-electron chi connectivity index (χ2n) is 4.88. The first kappa shape index (κ1) is 16.6. The standard InChI is InChI=1S/C14H20N2O2S3/c1-10(13-6-5-7-19-13)16(4)21(17,18)14-8-12(9-15-3)20-11(14)2/h5-8,10,15H,9H2,1-4H3. The van der Waals surface area contributed by atoms with Crippen LogP contribution in [0.25, 0.3) is 0 Å². The van der Waals surface area contributed by atoms with Crippen molar-refractivity contribution in [1.29, 1.82) is 0 Å². The average Bonchev–Trinajstić information content (AvgIpc) is 3.07. The van der Waals surface area contributed by atoms with Gasteiger partial charge in [0.05, 0.1) is 10.9 Å². The van der Waals surface area contributed by atoms with E-state index in [-0.39, 0.29) is 6.04 Å². The molecule has 0 aromatic carbocycles. The predicted molar refractivity (Wildman–Crippen MR) is 89.5 cm³/mol. The summed E-state index contributed by atoms with van der Waals surface area (Å²) in [7, 11) is 0.0330. The van der Waals surface area contributed by atoms with Crippen LogP contribution in [0.1, 0.15) is 27.6 Å². The van der Waals surface area contributed by atoms with Gasteiger partial charge >= 0.3 is 0 Å². The molecule has 0 radical (unpaired) electrons. The fraction of sp³-hybridized carbons (Fsp3) is 0.429. The highest BCUT2D eigenvalue weighted by atomic mass is 32.2. The third-order valence-corrected chi connectivity index (χ3v) is 7.71. The second kappa shape index (κ2) is 6.58. The maximum Gasteiger partial charge on any atom is 0.244 e. The average molecular weight is 345 g/mol. The van der Waals surface area contributed by atoms with Crippen molar-refractivity contribution in [2.24, 2.45) is 0 Å². The fourth-order valence-corrected chi connectivity index (χ4v) is 5.96. The van der Waals surface area contributed by atoms with Crippen molar-refractivity contribution < 1.29 is 8.42 Å². The lowest BCUT2D eigenvalue weighted by Gasteiger charge is -2.23. The van der Waals surface area contributed by atoms with Gasteiger partial charge in [-0.2, -0.15) is 4.31 Å². The van der Waals surface area contributed by atoms with E-state index in [2.05, 4.69) is 5.32 Å².